The Labute approximate surface area is 164 Å². The van der Waals surface area contributed by atoms with Gasteiger partial charge in [-0.1, -0.05) is 23.7 Å². The first kappa shape index (κ1) is 19.4. The highest BCUT2D eigenvalue weighted by atomic mass is 35.5. The molecular weight excluding hydrogens is 386 g/mol. The van der Waals surface area contributed by atoms with Crippen LogP contribution in [0.3, 0.4) is 0 Å². The number of hydrogen-bond acceptors (Lipinski definition) is 6. The summed E-state index contributed by atoms with van der Waals surface area (Å²) in [7, 11) is 0. The van der Waals surface area contributed by atoms with E-state index in [-0.39, 0.29) is 24.2 Å². The summed E-state index contributed by atoms with van der Waals surface area (Å²) in [5, 5.41) is 24.3. The molecule has 0 saturated carbocycles. The molecule has 2 N–H and O–H groups in total. The zero-order chi connectivity index (χ0) is 20.3. The van der Waals surface area contributed by atoms with Gasteiger partial charge in [0, 0.05) is 22.5 Å². The first-order valence-electron chi connectivity index (χ1n) is 8.32. The molecule has 0 bridgehead atoms. The number of carbonyl (C=O) groups is 2. The third-order valence-electron chi connectivity index (χ3n) is 4.14. The summed E-state index contributed by atoms with van der Waals surface area (Å²) in [6.07, 6.45) is -0.214. The molecule has 0 saturated heterocycles. The summed E-state index contributed by atoms with van der Waals surface area (Å²) in [6, 6.07) is 10.7. The maximum absolute atomic E-state index is 12.4. The van der Waals surface area contributed by atoms with Gasteiger partial charge in [-0.3, -0.25) is 4.79 Å². The van der Waals surface area contributed by atoms with Gasteiger partial charge in [0.05, 0.1) is 18.4 Å². The Kier molecular flexibility index (Phi) is 5.65. The molecule has 7 nitrogen and oxygen atoms in total. The van der Waals surface area contributed by atoms with E-state index in [2.05, 4.69) is 5.32 Å². The van der Waals surface area contributed by atoms with Crippen molar-refractivity contribution >= 4 is 34.4 Å². The highest BCUT2D eigenvalue weighted by molar-refractivity contribution is 6.30. The standard InChI is InChI=1S/C20H16ClNO6/c21-13-3-1-11(2-4-13)7-16(20(26)27)22-18(24)8-12-9-19(25)28-17-10-14(23)5-6-15(12)17/h1-6,9-10,16,23H,7-8H2,(H,22,24)(H,26,27)/p-1/t16-/m1/s1. The van der Waals surface area contributed by atoms with Crippen molar-refractivity contribution in [1.82, 2.24) is 5.32 Å². The normalized spacial score (nSPS) is 11.9. The van der Waals surface area contributed by atoms with Gasteiger partial charge in [-0.25, -0.2) is 4.79 Å². The Morgan fingerprint density at radius 2 is 1.86 bits per heavy atom. The molecule has 1 atom stereocenters. The maximum atomic E-state index is 12.4. The van der Waals surface area contributed by atoms with E-state index in [0.29, 0.717) is 21.5 Å². The van der Waals surface area contributed by atoms with Crippen LogP contribution in [0.1, 0.15) is 11.1 Å². The number of phenols is 1. The van der Waals surface area contributed by atoms with Crippen LogP contribution in [0.15, 0.2) is 57.7 Å². The molecule has 0 aliphatic rings. The molecule has 144 valence electrons. The van der Waals surface area contributed by atoms with E-state index >= 15 is 0 Å². The second kappa shape index (κ2) is 8.14. The molecule has 0 fully saturated rings. The van der Waals surface area contributed by atoms with Crippen LogP contribution in [-0.4, -0.2) is 23.0 Å². The maximum Gasteiger partial charge on any atom is 0.336 e. The van der Waals surface area contributed by atoms with Crippen LogP contribution in [0.2, 0.25) is 5.02 Å². The number of hydrogen-bond donors (Lipinski definition) is 2. The topological polar surface area (TPSA) is 120 Å². The van der Waals surface area contributed by atoms with Crippen molar-refractivity contribution in [1.29, 1.82) is 0 Å². The Balaban J connectivity index is 1.78. The fraction of sp³-hybridized carbons (Fsp3) is 0.150. The summed E-state index contributed by atoms with van der Waals surface area (Å²) in [6.45, 7) is 0. The number of phenolic OH excluding ortho intramolecular Hbond substituents is 1. The minimum atomic E-state index is -1.43. The largest absolute Gasteiger partial charge is 0.548 e. The molecule has 28 heavy (non-hydrogen) atoms. The lowest BCUT2D eigenvalue weighted by Gasteiger charge is -2.20. The summed E-state index contributed by atoms with van der Waals surface area (Å²) in [5.74, 6) is -2.11. The van der Waals surface area contributed by atoms with Gasteiger partial charge in [0.2, 0.25) is 5.91 Å². The number of carbonyl (C=O) groups excluding carboxylic acids is 2. The number of rotatable bonds is 6. The number of aliphatic carboxylic acids is 1. The molecular formula is C20H15ClNO6-. The van der Waals surface area contributed by atoms with Crippen LogP contribution in [0.4, 0.5) is 0 Å². The van der Waals surface area contributed by atoms with Crippen LogP contribution < -0.4 is 16.0 Å². The fourth-order valence-corrected chi connectivity index (χ4v) is 2.96. The highest BCUT2D eigenvalue weighted by Crippen LogP contribution is 2.22. The van der Waals surface area contributed by atoms with Crippen LogP contribution in [0.5, 0.6) is 5.75 Å². The quantitative estimate of drug-likeness (QED) is 0.599. The molecule has 3 aromatic rings. The fourth-order valence-electron chi connectivity index (χ4n) is 2.83. The Morgan fingerprint density at radius 1 is 1.14 bits per heavy atom. The Hall–Kier alpha value is -3.32. The summed E-state index contributed by atoms with van der Waals surface area (Å²) in [5.41, 5.74) is 0.471. The second-order valence-electron chi connectivity index (χ2n) is 6.22. The lowest BCUT2D eigenvalue weighted by molar-refractivity contribution is -0.308. The highest BCUT2D eigenvalue weighted by Gasteiger charge is 2.16. The number of fused-ring (bicyclic) bond motifs is 1. The van der Waals surface area contributed by atoms with Gasteiger partial charge < -0.3 is 24.7 Å². The van der Waals surface area contributed by atoms with Gasteiger partial charge >= 0.3 is 5.63 Å². The number of halogens is 1. The summed E-state index contributed by atoms with van der Waals surface area (Å²) in [4.78, 5) is 35.5. The molecule has 0 unspecified atom stereocenters. The lowest BCUT2D eigenvalue weighted by Crippen LogP contribution is -2.49. The van der Waals surface area contributed by atoms with E-state index in [1.807, 2.05) is 0 Å². The van der Waals surface area contributed by atoms with Gasteiger partial charge in [0.15, 0.2) is 0 Å². The summed E-state index contributed by atoms with van der Waals surface area (Å²) < 4.78 is 5.01. The van der Waals surface area contributed by atoms with Crippen molar-refractivity contribution < 1.29 is 24.2 Å². The second-order valence-corrected chi connectivity index (χ2v) is 6.65. The monoisotopic (exact) mass is 400 g/mol. The number of aromatic hydroxyl groups is 1. The summed E-state index contributed by atoms with van der Waals surface area (Å²) >= 11 is 5.81. The van der Waals surface area contributed by atoms with Gasteiger partial charge in [0.25, 0.3) is 0 Å². The molecule has 0 radical (unpaired) electrons. The predicted molar refractivity (Wildman–Crippen MR) is 99.9 cm³/mol. The SMILES string of the molecule is O=C(Cc1cc(=O)oc2cc(O)ccc12)N[C@H](Cc1ccc(Cl)cc1)C(=O)[O-]. The van der Waals surface area contributed by atoms with Crippen molar-refractivity contribution in [3.05, 3.63) is 75.1 Å². The van der Waals surface area contributed by atoms with Crippen LogP contribution >= 0.6 is 11.6 Å². The molecule has 0 aliphatic carbocycles. The van der Waals surface area contributed by atoms with Crippen LogP contribution in [-0.2, 0) is 22.4 Å². The molecule has 8 heteroatoms. The number of carboxylic acid groups (broad SMARTS) is 1. The van der Waals surface area contributed by atoms with E-state index in [1.54, 1.807) is 24.3 Å². The van der Waals surface area contributed by atoms with Crippen molar-refractivity contribution in [2.24, 2.45) is 0 Å². The number of benzene rings is 2. The minimum absolute atomic E-state index is 0.0246. The van der Waals surface area contributed by atoms with Crippen molar-refractivity contribution in [2.75, 3.05) is 0 Å². The molecule has 3 rings (SSSR count). The number of carboxylic acids is 1. The first-order chi connectivity index (χ1) is 13.3. The smallest absolute Gasteiger partial charge is 0.336 e. The molecule has 0 spiro atoms. The average Bonchev–Trinajstić information content (AvgIpc) is 2.62. The third kappa shape index (κ3) is 4.69. The van der Waals surface area contributed by atoms with Gasteiger partial charge in [-0.05, 0) is 41.8 Å². The third-order valence-corrected chi connectivity index (χ3v) is 4.39. The van der Waals surface area contributed by atoms with E-state index in [1.165, 1.54) is 18.2 Å². The van der Waals surface area contributed by atoms with Gasteiger partial charge in [0.1, 0.15) is 11.3 Å². The van der Waals surface area contributed by atoms with E-state index in [4.69, 9.17) is 16.0 Å². The number of nitrogens with one attached hydrogen (secondary N) is 1. The van der Waals surface area contributed by atoms with Crippen molar-refractivity contribution in [2.45, 2.75) is 18.9 Å². The zero-order valence-corrected chi connectivity index (χ0v) is 15.2. The molecule has 1 amide bonds. The van der Waals surface area contributed by atoms with E-state index < -0.39 is 23.5 Å². The average molecular weight is 401 g/mol. The molecule has 2 aromatic carbocycles. The Bertz CT molecular complexity index is 1090. The zero-order valence-electron chi connectivity index (χ0n) is 14.5. The first-order valence-corrected chi connectivity index (χ1v) is 8.70. The number of amides is 1. The van der Waals surface area contributed by atoms with Crippen molar-refractivity contribution in [3.8, 4) is 5.75 Å². The van der Waals surface area contributed by atoms with E-state index in [0.717, 1.165) is 6.07 Å². The van der Waals surface area contributed by atoms with Gasteiger partial charge in [-0.15, -0.1) is 0 Å². The minimum Gasteiger partial charge on any atom is -0.548 e. The van der Waals surface area contributed by atoms with Gasteiger partial charge in [-0.2, -0.15) is 0 Å². The Morgan fingerprint density at radius 3 is 2.54 bits per heavy atom. The molecule has 1 aromatic heterocycles. The van der Waals surface area contributed by atoms with Crippen molar-refractivity contribution in [3.63, 3.8) is 0 Å². The predicted octanol–water partition coefficient (Wildman–Crippen LogP) is 1.17. The lowest BCUT2D eigenvalue weighted by atomic mass is 10.0. The molecule has 1 heterocycles. The van der Waals surface area contributed by atoms with E-state index in [9.17, 15) is 24.6 Å². The molecule has 0 aliphatic heterocycles. The van der Waals surface area contributed by atoms with Crippen LogP contribution in [0, 0.1) is 0 Å². The van der Waals surface area contributed by atoms with Crippen LogP contribution in [0.25, 0.3) is 11.0 Å².